The Hall–Kier alpha value is -6.21. The maximum absolute atomic E-state index is 4.48. The van der Waals surface area contributed by atoms with Gasteiger partial charge < -0.3 is 0 Å². The van der Waals surface area contributed by atoms with Gasteiger partial charge in [0.15, 0.2) is 0 Å². The van der Waals surface area contributed by atoms with Crippen LogP contribution in [0.15, 0.2) is 194 Å². The summed E-state index contributed by atoms with van der Waals surface area (Å²) in [6, 6.07) is 70.9. The van der Waals surface area contributed by atoms with Gasteiger partial charge in [-0.1, -0.05) is 145 Å². The molecule has 0 bridgehead atoms. The van der Waals surface area contributed by atoms with E-state index in [1.54, 1.807) is 0 Å². The Morgan fingerprint density at radius 3 is 1.11 bits per heavy atom. The molecule has 0 spiro atoms. The van der Waals surface area contributed by atoms with Crippen molar-refractivity contribution in [2.75, 3.05) is 0 Å². The molecule has 264 valence electrons. The van der Waals surface area contributed by atoms with E-state index in [0.717, 1.165) is 24.2 Å². The normalized spacial score (nSPS) is 10.9. The molecule has 0 saturated heterocycles. The minimum absolute atomic E-state index is 0. The van der Waals surface area contributed by atoms with Crippen LogP contribution in [0.2, 0.25) is 0 Å². The average molecular weight is 884 g/mol. The van der Waals surface area contributed by atoms with Crippen LogP contribution in [0, 0.1) is 12.1 Å². The minimum atomic E-state index is 0. The molecule has 8 aromatic carbocycles. The summed E-state index contributed by atoms with van der Waals surface area (Å²) in [5.74, 6) is 0. The molecule has 2 aromatic heterocycles. The molecule has 0 saturated carbocycles. The van der Waals surface area contributed by atoms with Crippen LogP contribution in [0.5, 0.6) is 0 Å². The zero-order valence-electron chi connectivity index (χ0n) is 30.1. The molecule has 0 unspecified atom stereocenters. The van der Waals surface area contributed by atoms with Crippen LogP contribution in [0.25, 0.3) is 65.3 Å². The predicted molar refractivity (Wildman–Crippen MR) is 226 cm³/mol. The van der Waals surface area contributed by atoms with E-state index in [0.29, 0.717) is 0 Å². The predicted octanol–water partition coefficient (Wildman–Crippen LogP) is 12.9. The van der Waals surface area contributed by atoms with Crippen LogP contribution < -0.4 is 0 Å². The van der Waals surface area contributed by atoms with Gasteiger partial charge in [0.05, 0.1) is 0 Å². The molecule has 0 fully saturated rings. The first kappa shape index (κ1) is 35.8. The van der Waals surface area contributed by atoms with E-state index in [9.17, 15) is 0 Å². The third-order valence-electron chi connectivity index (χ3n) is 10.2. The molecular formula is C52H36N2Pt. The van der Waals surface area contributed by atoms with Gasteiger partial charge in [0.2, 0.25) is 0 Å². The van der Waals surface area contributed by atoms with Crippen molar-refractivity contribution in [3.8, 4) is 22.3 Å². The van der Waals surface area contributed by atoms with Crippen LogP contribution in [0.4, 0.5) is 0 Å². The fourth-order valence-electron chi connectivity index (χ4n) is 7.62. The molecule has 10 aromatic rings. The Morgan fingerprint density at radius 1 is 0.327 bits per heavy atom. The fourth-order valence-corrected chi connectivity index (χ4v) is 7.62. The van der Waals surface area contributed by atoms with Gasteiger partial charge in [0.1, 0.15) is 0 Å². The van der Waals surface area contributed by atoms with Crippen molar-refractivity contribution < 1.29 is 21.1 Å². The second kappa shape index (κ2) is 16.4. The third kappa shape index (κ3) is 7.47. The van der Waals surface area contributed by atoms with E-state index in [1.165, 1.54) is 76.5 Å². The van der Waals surface area contributed by atoms with Crippen molar-refractivity contribution in [2.24, 2.45) is 0 Å². The van der Waals surface area contributed by atoms with Crippen LogP contribution in [-0.4, -0.2) is 9.97 Å². The van der Waals surface area contributed by atoms with Crippen molar-refractivity contribution in [2.45, 2.75) is 12.8 Å². The number of fused-ring (bicyclic) bond motifs is 4. The Labute approximate surface area is 336 Å². The van der Waals surface area contributed by atoms with Gasteiger partial charge in [-0.05, 0) is 58.7 Å². The minimum Gasteiger partial charge on any atom is -0.261 e. The van der Waals surface area contributed by atoms with Crippen molar-refractivity contribution in [3.63, 3.8) is 0 Å². The maximum Gasteiger partial charge on any atom is 2.00 e. The van der Waals surface area contributed by atoms with Gasteiger partial charge >= 0.3 is 21.1 Å². The monoisotopic (exact) mass is 883 g/mol. The Kier molecular flexibility index (Phi) is 10.7. The number of benzene rings is 8. The largest absolute Gasteiger partial charge is 2.00 e. The molecule has 10 rings (SSSR count). The Morgan fingerprint density at radius 2 is 0.691 bits per heavy atom. The van der Waals surface area contributed by atoms with Crippen LogP contribution in [-0.2, 0) is 33.9 Å². The molecule has 0 aliphatic heterocycles. The summed E-state index contributed by atoms with van der Waals surface area (Å²) < 4.78 is 0. The summed E-state index contributed by atoms with van der Waals surface area (Å²) in [5, 5.41) is 10.1. The summed E-state index contributed by atoms with van der Waals surface area (Å²) in [6.45, 7) is 0. The zero-order chi connectivity index (χ0) is 36.1. The molecule has 0 aliphatic carbocycles. The molecular weight excluding hydrogens is 848 g/mol. The SMILES string of the molecule is [Pt+2].[c-]1cc(-c2cccc3ccccc23)c2ccccc2c1Cc1ccccn1.[c-]1cc(-c2cccc3ccccc23)c2ccccc2c1Cc1ccccn1. The van der Waals surface area contributed by atoms with Gasteiger partial charge in [-0.25, -0.2) is 0 Å². The summed E-state index contributed by atoms with van der Waals surface area (Å²) >= 11 is 0. The molecule has 0 atom stereocenters. The van der Waals surface area contributed by atoms with E-state index in [4.69, 9.17) is 0 Å². The fraction of sp³-hybridized carbons (Fsp3) is 0.0385. The van der Waals surface area contributed by atoms with Crippen LogP contribution >= 0.6 is 0 Å². The molecule has 2 heterocycles. The molecule has 55 heavy (non-hydrogen) atoms. The van der Waals surface area contributed by atoms with E-state index in [2.05, 4.69) is 180 Å². The quantitative estimate of drug-likeness (QED) is 0.156. The van der Waals surface area contributed by atoms with E-state index >= 15 is 0 Å². The summed E-state index contributed by atoms with van der Waals surface area (Å²) in [5.41, 5.74) is 9.48. The number of rotatable bonds is 6. The van der Waals surface area contributed by atoms with Gasteiger partial charge in [-0.2, -0.15) is 24.3 Å². The number of nitrogens with zero attached hydrogens (tertiary/aromatic N) is 2. The van der Waals surface area contributed by atoms with Gasteiger partial charge in [-0.3, -0.25) is 9.97 Å². The van der Waals surface area contributed by atoms with Crippen molar-refractivity contribution in [1.82, 2.24) is 9.97 Å². The van der Waals surface area contributed by atoms with Gasteiger partial charge in [-0.15, -0.1) is 55.9 Å². The van der Waals surface area contributed by atoms with Crippen molar-refractivity contribution in [3.05, 3.63) is 229 Å². The maximum atomic E-state index is 4.48. The first-order valence-electron chi connectivity index (χ1n) is 18.4. The standard InChI is InChI=1S/2C26H18N.Pt/c2*1-2-11-22-19(8-1)9-7-14-25(22)26-16-15-20(18-21-10-5-6-17-27-21)23-12-3-4-13-24(23)26;/h2*1-14,16-17H,18H2;/q2*-1;+2. The van der Waals surface area contributed by atoms with Crippen LogP contribution in [0.3, 0.4) is 0 Å². The molecule has 0 aliphatic rings. The van der Waals surface area contributed by atoms with Gasteiger partial charge in [0.25, 0.3) is 0 Å². The summed E-state index contributed by atoms with van der Waals surface area (Å²) in [7, 11) is 0. The zero-order valence-corrected chi connectivity index (χ0v) is 32.4. The second-order valence-electron chi connectivity index (χ2n) is 13.5. The molecule has 0 radical (unpaired) electrons. The topological polar surface area (TPSA) is 25.8 Å². The Bertz CT molecular complexity index is 2670. The van der Waals surface area contributed by atoms with Gasteiger partial charge in [0, 0.05) is 23.8 Å². The number of hydrogen-bond donors (Lipinski definition) is 0. The third-order valence-corrected chi connectivity index (χ3v) is 10.2. The average Bonchev–Trinajstić information content (AvgIpc) is 3.25. The van der Waals surface area contributed by atoms with E-state index in [-0.39, 0.29) is 21.1 Å². The number of aromatic nitrogens is 2. The second-order valence-corrected chi connectivity index (χ2v) is 13.5. The number of hydrogen-bond acceptors (Lipinski definition) is 2. The summed E-state index contributed by atoms with van der Waals surface area (Å²) in [4.78, 5) is 8.96. The molecule has 0 amide bonds. The number of pyridine rings is 2. The Balaban J connectivity index is 0.000000153. The summed E-state index contributed by atoms with van der Waals surface area (Å²) in [6.07, 6.45) is 5.28. The smallest absolute Gasteiger partial charge is 0.261 e. The molecule has 3 heteroatoms. The van der Waals surface area contributed by atoms with E-state index < -0.39 is 0 Å². The molecule has 0 N–H and O–H groups in total. The van der Waals surface area contributed by atoms with E-state index in [1.807, 2.05) is 36.7 Å². The first-order valence-corrected chi connectivity index (χ1v) is 18.4. The first-order chi connectivity index (χ1) is 26.8. The van der Waals surface area contributed by atoms with Crippen molar-refractivity contribution >= 4 is 43.1 Å². The molecule has 2 nitrogen and oxygen atoms in total. The van der Waals surface area contributed by atoms with Crippen LogP contribution in [0.1, 0.15) is 22.5 Å². The van der Waals surface area contributed by atoms with Crippen molar-refractivity contribution in [1.29, 1.82) is 0 Å².